The molecule has 126 valence electrons. The number of aromatic nitrogens is 2. The van der Waals surface area contributed by atoms with Crippen molar-refractivity contribution in [1.29, 1.82) is 0 Å². The van der Waals surface area contributed by atoms with Gasteiger partial charge < -0.3 is 14.3 Å². The van der Waals surface area contributed by atoms with Gasteiger partial charge in [-0.2, -0.15) is 4.98 Å². The second-order valence-electron chi connectivity index (χ2n) is 6.19. The fourth-order valence-electron chi connectivity index (χ4n) is 3.06. The molecule has 0 bridgehead atoms. The second kappa shape index (κ2) is 7.27. The molecule has 0 saturated carbocycles. The minimum Gasteiger partial charge on any atom is -0.443 e. The normalized spacial score (nSPS) is 21.3. The highest BCUT2D eigenvalue weighted by atomic mass is 16.5. The Kier molecular flexibility index (Phi) is 5.13. The number of rotatable bonds is 7. The van der Waals surface area contributed by atoms with Gasteiger partial charge >= 0.3 is 5.69 Å². The number of aliphatic hydroxyl groups excluding tert-OH is 1. The maximum absolute atomic E-state index is 12.2. The summed E-state index contributed by atoms with van der Waals surface area (Å²) in [6, 6.07) is 1.96. The fraction of sp³-hybridized carbons (Fsp3) is 0.647. The standard InChI is InChI=1S/C17H24N2O4/c1-2-3-4-5-6-13-9-12-10-19(17(21)18-16(12)23-13)15-8-7-14(11-20)22-15/h9-10,14-15,20H,2-8,11H2,1H3. The molecule has 1 saturated heterocycles. The van der Waals surface area contributed by atoms with Gasteiger partial charge in [0.25, 0.3) is 0 Å². The number of fused-ring (bicyclic) bond motifs is 1. The topological polar surface area (TPSA) is 77.5 Å². The monoisotopic (exact) mass is 320 g/mol. The van der Waals surface area contributed by atoms with Gasteiger partial charge in [-0.3, -0.25) is 4.57 Å². The minimum absolute atomic E-state index is 0.0193. The lowest BCUT2D eigenvalue weighted by molar-refractivity contribution is -0.0243. The molecule has 2 atom stereocenters. The van der Waals surface area contributed by atoms with Crippen LogP contribution in [0, 0.1) is 0 Å². The van der Waals surface area contributed by atoms with Crippen molar-refractivity contribution in [3.05, 3.63) is 28.5 Å². The number of aryl methyl sites for hydroxylation is 1. The van der Waals surface area contributed by atoms with Crippen LogP contribution < -0.4 is 5.69 Å². The zero-order chi connectivity index (χ0) is 16.2. The number of furan rings is 1. The molecule has 2 unspecified atom stereocenters. The quantitative estimate of drug-likeness (QED) is 0.794. The Morgan fingerprint density at radius 1 is 1.35 bits per heavy atom. The number of nitrogens with zero attached hydrogens (tertiary/aromatic N) is 2. The summed E-state index contributed by atoms with van der Waals surface area (Å²) >= 11 is 0. The number of ether oxygens (including phenoxy) is 1. The Labute approximate surface area is 135 Å². The van der Waals surface area contributed by atoms with E-state index in [2.05, 4.69) is 11.9 Å². The molecule has 0 aliphatic carbocycles. The maximum atomic E-state index is 12.2. The average molecular weight is 320 g/mol. The van der Waals surface area contributed by atoms with Crippen molar-refractivity contribution in [2.75, 3.05) is 6.61 Å². The molecular weight excluding hydrogens is 296 g/mol. The van der Waals surface area contributed by atoms with E-state index in [1.54, 1.807) is 6.20 Å². The zero-order valence-electron chi connectivity index (χ0n) is 13.5. The summed E-state index contributed by atoms with van der Waals surface area (Å²) in [4.78, 5) is 16.2. The fourth-order valence-corrected chi connectivity index (χ4v) is 3.06. The first-order valence-corrected chi connectivity index (χ1v) is 8.49. The van der Waals surface area contributed by atoms with Gasteiger partial charge in [0.1, 0.15) is 12.0 Å². The van der Waals surface area contributed by atoms with Crippen LogP contribution in [0.15, 0.2) is 21.5 Å². The van der Waals surface area contributed by atoms with E-state index in [9.17, 15) is 4.79 Å². The van der Waals surface area contributed by atoms with Crippen molar-refractivity contribution in [1.82, 2.24) is 9.55 Å². The lowest BCUT2D eigenvalue weighted by Crippen LogP contribution is -2.27. The van der Waals surface area contributed by atoms with E-state index in [1.807, 2.05) is 6.07 Å². The third kappa shape index (κ3) is 3.64. The summed E-state index contributed by atoms with van der Waals surface area (Å²) < 4.78 is 12.9. The Morgan fingerprint density at radius 2 is 2.22 bits per heavy atom. The highest BCUT2D eigenvalue weighted by Gasteiger charge is 2.27. The van der Waals surface area contributed by atoms with Crippen molar-refractivity contribution in [2.45, 2.75) is 64.2 Å². The molecule has 1 aliphatic rings. The number of unbranched alkanes of at least 4 members (excludes halogenated alkanes) is 3. The smallest absolute Gasteiger partial charge is 0.353 e. The maximum Gasteiger partial charge on any atom is 0.353 e. The van der Waals surface area contributed by atoms with Crippen molar-refractivity contribution >= 4 is 11.1 Å². The van der Waals surface area contributed by atoms with Crippen LogP contribution in [-0.4, -0.2) is 27.4 Å². The average Bonchev–Trinajstić information content (AvgIpc) is 3.16. The van der Waals surface area contributed by atoms with E-state index in [-0.39, 0.29) is 24.6 Å². The van der Waals surface area contributed by atoms with Gasteiger partial charge in [0.15, 0.2) is 0 Å². The van der Waals surface area contributed by atoms with Crippen molar-refractivity contribution in [2.24, 2.45) is 0 Å². The second-order valence-corrected chi connectivity index (χ2v) is 6.19. The minimum atomic E-state index is -0.368. The molecule has 1 aliphatic heterocycles. The Balaban J connectivity index is 1.76. The SMILES string of the molecule is CCCCCCc1cc2cn(C3CCC(CO)O3)c(=O)nc2o1. The molecule has 0 radical (unpaired) electrons. The van der Waals surface area contributed by atoms with Crippen LogP contribution in [0.2, 0.25) is 0 Å². The summed E-state index contributed by atoms with van der Waals surface area (Å²) in [6.45, 7) is 2.17. The van der Waals surface area contributed by atoms with Gasteiger partial charge in [-0.25, -0.2) is 4.79 Å². The third-order valence-electron chi connectivity index (χ3n) is 4.36. The van der Waals surface area contributed by atoms with Crippen molar-refractivity contribution < 1.29 is 14.3 Å². The van der Waals surface area contributed by atoms with Crippen LogP contribution in [0.4, 0.5) is 0 Å². The summed E-state index contributed by atoms with van der Waals surface area (Å²) in [6.07, 6.45) is 8.26. The first-order chi connectivity index (χ1) is 11.2. The van der Waals surface area contributed by atoms with E-state index in [0.29, 0.717) is 12.1 Å². The molecule has 2 aromatic rings. The Hall–Kier alpha value is -1.66. The van der Waals surface area contributed by atoms with Gasteiger partial charge in [-0.05, 0) is 25.3 Å². The van der Waals surface area contributed by atoms with Crippen LogP contribution in [0.1, 0.15) is 57.4 Å². The van der Waals surface area contributed by atoms with Crippen molar-refractivity contribution in [3.8, 4) is 0 Å². The summed E-state index contributed by atoms with van der Waals surface area (Å²) in [7, 11) is 0. The van der Waals surface area contributed by atoms with Gasteiger partial charge in [0.2, 0.25) is 5.71 Å². The molecule has 6 nitrogen and oxygen atoms in total. The van der Waals surface area contributed by atoms with Gasteiger partial charge in [-0.1, -0.05) is 26.2 Å². The zero-order valence-corrected chi connectivity index (χ0v) is 13.5. The highest BCUT2D eigenvalue weighted by Crippen LogP contribution is 2.28. The summed E-state index contributed by atoms with van der Waals surface area (Å²) in [5.41, 5.74) is 0.0291. The van der Waals surface area contributed by atoms with E-state index >= 15 is 0 Å². The van der Waals surface area contributed by atoms with E-state index in [0.717, 1.165) is 30.4 Å². The third-order valence-corrected chi connectivity index (χ3v) is 4.36. The molecule has 0 amide bonds. The van der Waals surface area contributed by atoms with Gasteiger partial charge in [-0.15, -0.1) is 0 Å². The van der Waals surface area contributed by atoms with Crippen LogP contribution in [0.25, 0.3) is 11.1 Å². The van der Waals surface area contributed by atoms with E-state index in [4.69, 9.17) is 14.3 Å². The Bertz CT molecular complexity index is 706. The van der Waals surface area contributed by atoms with Gasteiger partial charge in [0, 0.05) is 12.6 Å². The highest BCUT2D eigenvalue weighted by molar-refractivity contribution is 5.72. The molecule has 2 aromatic heterocycles. The lowest BCUT2D eigenvalue weighted by atomic mass is 10.1. The number of hydrogen-bond acceptors (Lipinski definition) is 5. The molecule has 0 aromatic carbocycles. The van der Waals surface area contributed by atoms with Crippen LogP contribution in [-0.2, 0) is 11.2 Å². The van der Waals surface area contributed by atoms with Gasteiger partial charge in [0.05, 0.1) is 18.1 Å². The first-order valence-electron chi connectivity index (χ1n) is 8.49. The molecule has 1 fully saturated rings. The summed E-state index contributed by atoms with van der Waals surface area (Å²) in [5.74, 6) is 0.876. The molecule has 1 N–H and O–H groups in total. The first kappa shape index (κ1) is 16.2. The molecule has 23 heavy (non-hydrogen) atoms. The summed E-state index contributed by atoms with van der Waals surface area (Å²) in [5, 5.41) is 9.98. The predicted octanol–water partition coefficient (Wildman–Crippen LogP) is 2.78. The van der Waals surface area contributed by atoms with Crippen molar-refractivity contribution in [3.63, 3.8) is 0 Å². The predicted molar refractivity (Wildman–Crippen MR) is 86.3 cm³/mol. The molecule has 3 rings (SSSR count). The van der Waals surface area contributed by atoms with E-state index < -0.39 is 0 Å². The van der Waals surface area contributed by atoms with E-state index in [1.165, 1.54) is 23.8 Å². The molecule has 6 heteroatoms. The lowest BCUT2D eigenvalue weighted by Gasteiger charge is -2.14. The van der Waals surface area contributed by atoms with Crippen LogP contribution in [0.5, 0.6) is 0 Å². The number of hydrogen-bond donors (Lipinski definition) is 1. The Morgan fingerprint density at radius 3 is 2.96 bits per heavy atom. The number of aliphatic hydroxyl groups is 1. The molecule has 3 heterocycles. The van der Waals surface area contributed by atoms with Crippen LogP contribution in [0.3, 0.4) is 0 Å². The molecular formula is C17H24N2O4. The van der Waals surface area contributed by atoms with Crippen LogP contribution >= 0.6 is 0 Å². The largest absolute Gasteiger partial charge is 0.443 e. The molecule has 0 spiro atoms.